The fraction of sp³-hybridized carbons (Fsp3) is 0.263. The molecule has 0 radical (unpaired) electrons. The molecule has 1 aliphatic rings. The van der Waals surface area contributed by atoms with Gasteiger partial charge in [-0.2, -0.15) is 0 Å². The normalized spacial score (nSPS) is 17.0. The number of likely N-dealkylation sites (tertiary alicyclic amines) is 1. The molecule has 1 amide bonds. The van der Waals surface area contributed by atoms with E-state index in [1.807, 2.05) is 0 Å². The van der Waals surface area contributed by atoms with E-state index < -0.39 is 5.97 Å². The van der Waals surface area contributed by atoms with E-state index in [4.69, 9.17) is 5.11 Å². The molecular weight excluding hydrogens is 309 g/mol. The van der Waals surface area contributed by atoms with Crippen LogP contribution < -0.4 is 0 Å². The molecule has 0 bridgehead atoms. The number of amides is 1. The lowest BCUT2D eigenvalue weighted by molar-refractivity contribution is 0.0697. The lowest BCUT2D eigenvalue weighted by Gasteiger charge is -2.17. The maximum atomic E-state index is 13.0. The van der Waals surface area contributed by atoms with E-state index in [1.165, 1.54) is 24.3 Å². The summed E-state index contributed by atoms with van der Waals surface area (Å²) in [6.07, 6.45) is 1.70. The molecule has 1 fully saturated rings. The maximum absolute atomic E-state index is 13.0. The van der Waals surface area contributed by atoms with E-state index in [0.29, 0.717) is 24.6 Å². The highest BCUT2D eigenvalue weighted by Crippen LogP contribution is 2.23. The summed E-state index contributed by atoms with van der Waals surface area (Å²) in [6.45, 7) is 1.29. The van der Waals surface area contributed by atoms with Crippen molar-refractivity contribution in [2.45, 2.75) is 12.8 Å². The van der Waals surface area contributed by atoms with Crippen molar-refractivity contribution in [3.8, 4) is 0 Å². The largest absolute Gasteiger partial charge is 0.478 e. The zero-order valence-electron chi connectivity index (χ0n) is 13.1. The lowest BCUT2D eigenvalue weighted by atomic mass is 9.99. The van der Waals surface area contributed by atoms with E-state index in [0.717, 1.165) is 18.4 Å². The molecule has 0 aliphatic carbocycles. The van der Waals surface area contributed by atoms with Gasteiger partial charge in [0.25, 0.3) is 5.91 Å². The van der Waals surface area contributed by atoms with Crippen LogP contribution in [0.25, 0.3) is 0 Å². The van der Waals surface area contributed by atoms with Crippen molar-refractivity contribution < 1.29 is 19.1 Å². The zero-order valence-corrected chi connectivity index (χ0v) is 13.1. The van der Waals surface area contributed by atoms with Crippen molar-refractivity contribution >= 4 is 11.9 Å². The number of carbonyl (C=O) groups is 2. The van der Waals surface area contributed by atoms with Gasteiger partial charge >= 0.3 is 5.97 Å². The van der Waals surface area contributed by atoms with Crippen LogP contribution in [0.2, 0.25) is 0 Å². The topological polar surface area (TPSA) is 57.6 Å². The second kappa shape index (κ2) is 6.83. The van der Waals surface area contributed by atoms with Gasteiger partial charge in [0.05, 0.1) is 5.56 Å². The van der Waals surface area contributed by atoms with Crippen molar-refractivity contribution in [2.75, 3.05) is 13.1 Å². The molecule has 0 aromatic heterocycles. The Hall–Kier alpha value is -2.69. The molecule has 1 unspecified atom stereocenters. The first kappa shape index (κ1) is 16.2. The second-order valence-electron chi connectivity index (χ2n) is 6.12. The van der Waals surface area contributed by atoms with Crippen molar-refractivity contribution in [2.24, 2.45) is 5.92 Å². The minimum Gasteiger partial charge on any atom is -0.478 e. The predicted molar refractivity (Wildman–Crippen MR) is 87.5 cm³/mol. The molecule has 124 valence electrons. The Labute approximate surface area is 139 Å². The van der Waals surface area contributed by atoms with E-state index in [2.05, 4.69) is 0 Å². The number of carboxylic acids is 1. The molecule has 2 aromatic rings. The Balaban J connectivity index is 1.64. The molecule has 1 atom stereocenters. The second-order valence-corrected chi connectivity index (χ2v) is 6.12. The number of nitrogens with zero attached hydrogens (tertiary/aromatic N) is 1. The van der Waals surface area contributed by atoms with Crippen molar-refractivity contribution in [1.29, 1.82) is 0 Å². The molecule has 3 rings (SSSR count). The maximum Gasteiger partial charge on any atom is 0.335 e. The van der Waals surface area contributed by atoms with Crippen molar-refractivity contribution in [3.63, 3.8) is 0 Å². The van der Waals surface area contributed by atoms with Crippen LogP contribution in [0.3, 0.4) is 0 Å². The number of benzene rings is 2. The quantitative estimate of drug-likeness (QED) is 0.938. The third-order valence-electron chi connectivity index (χ3n) is 4.37. The van der Waals surface area contributed by atoms with Crippen LogP contribution in [-0.2, 0) is 6.42 Å². The number of halogens is 1. The summed E-state index contributed by atoms with van der Waals surface area (Å²) in [5, 5.41) is 9.03. The summed E-state index contributed by atoms with van der Waals surface area (Å²) in [5.41, 5.74) is 1.57. The number of rotatable bonds is 4. The Bertz CT molecular complexity index is 757. The zero-order chi connectivity index (χ0) is 17.1. The number of hydrogen-bond donors (Lipinski definition) is 1. The first-order chi connectivity index (χ1) is 11.5. The van der Waals surface area contributed by atoms with E-state index in [-0.39, 0.29) is 17.3 Å². The molecular formula is C19H18FNO3. The van der Waals surface area contributed by atoms with Crippen LogP contribution in [0, 0.1) is 11.7 Å². The molecule has 1 aliphatic heterocycles. The van der Waals surface area contributed by atoms with Crippen LogP contribution in [0.4, 0.5) is 4.39 Å². The molecule has 0 spiro atoms. The molecule has 0 saturated carbocycles. The van der Waals surface area contributed by atoms with Gasteiger partial charge in [-0.15, -0.1) is 0 Å². The third-order valence-corrected chi connectivity index (χ3v) is 4.37. The molecule has 1 N–H and O–H groups in total. The average Bonchev–Trinajstić information content (AvgIpc) is 3.05. The summed E-state index contributed by atoms with van der Waals surface area (Å²) < 4.78 is 13.0. The number of carboxylic acid groups (broad SMARTS) is 1. The van der Waals surface area contributed by atoms with Gasteiger partial charge in [-0.1, -0.05) is 18.2 Å². The summed E-state index contributed by atoms with van der Waals surface area (Å²) in [5.74, 6) is -1.10. The van der Waals surface area contributed by atoms with Gasteiger partial charge in [0.1, 0.15) is 5.82 Å². The van der Waals surface area contributed by atoms with Crippen LogP contribution in [0.5, 0.6) is 0 Å². The first-order valence-corrected chi connectivity index (χ1v) is 7.90. The standard InChI is InChI=1S/C19H18FNO3/c20-17-6-4-13(5-7-17)10-14-8-9-21(12-14)18(22)15-2-1-3-16(11-15)19(23)24/h1-7,11,14H,8-10,12H2,(H,23,24). The highest BCUT2D eigenvalue weighted by molar-refractivity contribution is 5.97. The van der Waals surface area contributed by atoms with Gasteiger partial charge in [0.2, 0.25) is 0 Å². The number of aromatic carboxylic acids is 1. The fourth-order valence-corrected chi connectivity index (χ4v) is 3.11. The lowest BCUT2D eigenvalue weighted by Crippen LogP contribution is -2.29. The Morgan fingerprint density at radius 1 is 1.12 bits per heavy atom. The van der Waals surface area contributed by atoms with Crippen LogP contribution in [-0.4, -0.2) is 35.0 Å². The minimum atomic E-state index is -1.04. The fourth-order valence-electron chi connectivity index (χ4n) is 3.11. The summed E-state index contributed by atoms with van der Waals surface area (Å²) in [4.78, 5) is 25.3. The number of carbonyl (C=O) groups excluding carboxylic acids is 1. The molecule has 2 aromatic carbocycles. The van der Waals surface area contributed by atoms with Gasteiger partial charge in [-0.3, -0.25) is 4.79 Å². The molecule has 4 nitrogen and oxygen atoms in total. The highest BCUT2D eigenvalue weighted by Gasteiger charge is 2.27. The highest BCUT2D eigenvalue weighted by atomic mass is 19.1. The van der Waals surface area contributed by atoms with Gasteiger partial charge in [-0.05, 0) is 54.7 Å². The molecule has 24 heavy (non-hydrogen) atoms. The summed E-state index contributed by atoms with van der Waals surface area (Å²) in [6, 6.07) is 12.6. The van der Waals surface area contributed by atoms with Gasteiger partial charge in [-0.25, -0.2) is 9.18 Å². The SMILES string of the molecule is O=C(O)c1cccc(C(=O)N2CCC(Cc3ccc(F)cc3)C2)c1. The molecule has 1 heterocycles. The summed E-state index contributed by atoms with van der Waals surface area (Å²) >= 11 is 0. The van der Waals surface area contributed by atoms with Crippen LogP contribution in [0.15, 0.2) is 48.5 Å². The smallest absolute Gasteiger partial charge is 0.335 e. The van der Waals surface area contributed by atoms with E-state index in [9.17, 15) is 14.0 Å². The monoisotopic (exact) mass is 327 g/mol. The minimum absolute atomic E-state index is 0.114. The van der Waals surface area contributed by atoms with E-state index >= 15 is 0 Å². The van der Waals surface area contributed by atoms with Crippen LogP contribution in [0.1, 0.15) is 32.7 Å². The van der Waals surface area contributed by atoms with Gasteiger partial charge in [0.15, 0.2) is 0 Å². The molecule has 5 heteroatoms. The Morgan fingerprint density at radius 3 is 2.54 bits per heavy atom. The van der Waals surface area contributed by atoms with Gasteiger partial charge < -0.3 is 10.0 Å². The third kappa shape index (κ3) is 3.62. The Morgan fingerprint density at radius 2 is 1.83 bits per heavy atom. The van der Waals surface area contributed by atoms with Gasteiger partial charge in [0, 0.05) is 18.7 Å². The van der Waals surface area contributed by atoms with Crippen LogP contribution >= 0.6 is 0 Å². The Kier molecular flexibility index (Phi) is 4.60. The first-order valence-electron chi connectivity index (χ1n) is 7.90. The summed E-state index contributed by atoms with van der Waals surface area (Å²) in [7, 11) is 0. The predicted octanol–water partition coefficient (Wildman–Crippen LogP) is 3.23. The van der Waals surface area contributed by atoms with Crippen molar-refractivity contribution in [3.05, 3.63) is 71.0 Å². The van der Waals surface area contributed by atoms with Crippen molar-refractivity contribution in [1.82, 2.24) is 4.90 Å². The number of hydrogen-bond acceptors (Lipinski definition) is 2. The molecule has 1 saturated heterocycles. The van der Waals surface area contributed by atoms with E-state index in [1.54, 1.807) is 29.2 Å². The average molecular weight is 327 g/mol.